The van der Waals surface area contributed by atoms with Crippen molar-refractivity contribution < 1.29 is 14.3 Å². The van der Waals surface area contributed by atoms with Gasteiger partial charge in [0.2, 0.25) is 0 Å². The molecule has 0 N–H and O–H groups in total. The molecule has 0 spiro atoms. The van der Waals surface area contributed by atoms with Gasteiger partial charge in [0.1, 0.15) is 22.8 Å². The Morgan fingerprint density at radius 3 is 2.44 bits per heavy atom. The summed E-state index contributed by atoms with van der Waals surface area (Å²) < 4.78 is 7.75. The molecule has 0 bridgehead atoms. The van der Waals surface area contributed by atoms with E-state index in [9.17, 15) is 9.59 Å². The van der Waals surface area contributed by atoms with E-state index >= 15 is 0 Å². The molecule has 1 saturated heterocycles. The van der Waals surface area contributed by atoms with Crippen LogP contribution in [0.5, 0.6) is 0 Å². The van der Waals surface area contributed by atoms with Crippen LogP contribution >= 0.6 is 0 Å². The number of aryl methyl sites for hydroxylation is 1. The lowest BCUT2D eigenvalue weighted by atomic mass is 9.98. The molecular weight excluding hydrogens is 490 g/mol. The molecule has 2 amide bonds. The van der Waals surface area contributed by atoms with E-state index in [-0.39, 0.29) is 12.0 Å². The minimum absolute atomic E-state index is 0.0304. The Morgan fingerprint density at radius 2 is 1.72 bits per heavy atom. The highest BCUT2D eigenvalue weighted by molar-refractivity contribution is 5.97. The number of esters is 1. The van der Waals surface area contributed by atoms with Gasteiger partial charge < -0.3 is 14.2 Å². The first kappa shape index (κ1) is 26.4. The summed E-state index contributed by atoms with van der Waals surface area (Å²) in [5, 5.41) is 0. The Balaban J connectivity index is 1.44. The van der Waals surface area contributed by atoms with Crippen molar-refractivity contribution in [3.63, 3.8) is 0 Å². The van der Waals surface area contributed by atoms with Gasteiger partial charge in [0.15, 0.2) is 5.65 Å². The molecule has 2 aromatic heterocycles. The Hall–Kier alpha value is -4.20. The number of nitrogens with zero attached hydrogens (tertiary/aromatic N) is 5. The molecule has 4 aromatic rings. The number of amides is 2. The molecule has 0 unspecified atom stereocenters. The Kier molecular flexibility index (Phi) is 7.12. The van der Waals surface area contributed by atoms with Gasteiger partial charge in [-0.2, -0.15) is 0 Å². The average Bonchev–Trinajstić information content (AvgIpc) is 3.26. The summed E-state index contributed by atoms with van der Waals surface area (Å²) in [5.74, 6) is 1.26. The third-order valence-corrected chi connectivity index (χ3v) is 6.83. The lowest BCUT2D eigenvalue weighted by Crippen LogP contribution is -2.47. The van der Waals surface area contributed by atoms with E-state index in [1.165, 1.54) is 0 Å². The summed E-state index contributed by atoms with van der Waals surface area (Å²) in [4.78, 5) is 38.8. The lowest BCUT2D eigenvalue weighted by Gasteiger charge is -2.32. The molecule has 1 aliphatic heterocycles. The van der Waals surface area contributed by atoms with Crippen molar-refractivity contribution >= 4 is 29.0 Å². The smallest absolute Gasteiger partial charge is 0.339 e. The van der Waals surface area contributed by atoms with Crippen molar-refractivity contribution in [3.05, 3.63) is 77.6 Å². The number of carbonyl (C=O) groups excluding carboxylic acids is 2. The number of anilines is 1. The van der Waals surface area contributed by atoms with Crippen LogP contribution in [-0.4, -0.2) is 57.2 Å². The Morgan fingerprint density at radius 1 is 0.974 bits per heavy atom. The van der Waals surface area contributed by atoms with Crippen LogP contribution < -0.4 is 4.90 Å². The highest BCUT2D eigenvalue weighted by Crippen LogP contribution is 2.27. The molecule has 8 heteroatoms. The molecule has 5 rings (SSSR count). The largest absolute Gasteiger partial charge is 0.456 e. The maximum atomic E-state index is 12.8. The molecule has 8 nitrogen and oxygen atoms in total. The number of aromatic nitrogens is 3. The van der Waals surface area contributed by atoms with Gasteiger partial charge >= 0.3 is 12.0 Å². The van der Waals surface area contributed by atoms with Crippen molar-refractivity contribution in [2.45, 2.75) is 52.7 Å². The molecule has 0 radical (unpaired) electrons. The average molecular weight is 526 g/mol. The zero-order valence-corrected chi connectivity index (χ0v) is 23.3. The van der Waals surface area contributed by atoms with Crippen molar-refractivity contribution in [3.8, 4) is 11.1 Å². The fraction of sp³-hybridized carbons (Fsp3) is 0.355. The molecule has 1 fully saturated rings. The van der Waals surface area contributed by atoms with E-state index in [1.807, 2.05) is 70.3 Å². The van der Waals surface area contributed by atoms with E-state index < -0.39 is 5.60 Å². The number of urea groups is 1. The summed E-state index contributed by atoms with van der Waals surface area (Å²) in [7, 11) is 1.82. The summed E-state index contributed by atoms with van der Waals surface area (Å²) in [6.45, 7) is 9.70. The maximum Gasteiger partial charge on any atom is 0.339 e. The van der Waals surface area contributed by atoms with Crippen LogP contribution in [0.25, 0.3) is 22.3 Å². The normalized spacial score (nSPS) is 14.2. The van der Waals surface area contributed by atoms with E-state index in [0.717, 1.165) is 53.1 Å². The predicted molar refractivity (Wildman–Crippen MR) is 153 cm³/mol. The second-order valence-electron chi connectivity index (χ2n) is 10.9. The Bertz CT molecular complexity index is 1520. The Labute approximate surface area is 229 Å². The van der Waals surface area contributed by atoms with Crippen LogP contribution in [0, 0.1) is 0 Å². The lowest BCUT2D eigenvalue weighted by molar-refractivity contribution is 0.00704. The van der Waals surface area contributed by atoms with Crippen LogP contribution in [-0.2, 0) is 17.7 Å². The molecule has 0 aliphatic carbocycles. The minimum atomic E-state index is -0.566. The molecule has 202 valence electrons. The number of ether oxygens (including phenoxy) is 1. The van der Waals surface area contributed by atoms with E-state index in [1.54, 1.807) is 15.9 Å². The fourth-order valence-electron chi connectivity index (χ4n) is 4.92. The highest BCUT2D eigenvalue weighted by Gasteiger charge is 2.26. The molecular formula is C31H35N5O3. The number of rotatable bonds is 6. The number of pyridine rings is 1. The number of carbonyl (C=O) groups is 2. The SMILES string of the molecule is CCc1nc2ccc(N3CCCN(C)C3=O)nc2n1Cc1ccc(-c2ccccc2C(=O)OC(C)(C)C)cc1. The predicted octanol–water partition coefficient (Wildman–Crippen LogP) is 5.93. The van der Waals surface area contributed by atoms with Gasteiger partial charge in [-0.3, -0.25) is 4.90 Å². The topological polar surface area (TPSA) is 80.6 Å². The monoisotopic (exact) mass is 525 g/mol. The fourth-order valence-corrected chi connectivity index (χ4v) is 4.92. The first-order valence-corrected chi connectivity index (χ1v) is 13.4. The van der Waals surface area contributed by atoms with E-state index in [0.29, 0.717) is 24.5 Å². The first-order chi connectivity index (χ1) is 18.6. The number of fused-ring (bicyclic) bond motifs is 1. The van der Waals surface area contributed by atoms with Gasteiger partial charge in [0, 0.05) is 26.6 Å². The van der Waals surface area contributed by atoms with Gasteiger partial charge in [-0.15, -0.1) is 0 Å². The van der Waals surface area contributed by atoms with Crippen molar-refractivity contribution in [2.24, 2.45) is 0 Å². The summed E-state index contributed by atoms with van der Waals surface area (Å²) in [5.41, 5.74) is 4.43. The molecule has 0 saturated carbocycles. The second-order valence-corrected chi connectivity index (χ2v) is 10.9. The van der Waals surface area contributed by atoms with E-state index in [4.69, 9.17) is 14.7 Å². The second kappa shape index (κ2) is 10.5. The van der Waals surface area contributed by atoms with Gasteiger partial charge in [0.25, 0.3) is 0 Å². The number of hydrogen-bond donors (Lipinski definition) is 0. The molecule has 2 aromatic carbocycles. The summed E-state index contributed by atoms with van der Waals surface area (Å²) in [6, 6.07) is 19.5. The van der Waals surface area contributed by atoms with Crippen molar-refractivity contribution in [1.82, 2.24) is 19.4 Å². The third kappa shape index (κ3) is 5.50. The quantitative estimate of drug-likeness (QED) is 0.292. The van der Waals surface area contributed by atoms with Gasteiger partial charge in [-0.25, -0.2) is 19.6 Å². The van der Waals surface area contributed by atoms with Gasteiger partial charge in [0.05, 0.1) is 12.1 Å². The summed E-state index contributed by atoms with van der Waals surface area (Å²) in [6.07, 6.45) is 1.67. The summed E-state index contributed by atoms with van der Waals surface area (Å²) >= 11 is 0. The number of hydrogen-bond acceptors (Lipinski definition) is 5. The van der Waals surface area contributed by atoms with Crippen LogP contribution in [0.4, 0.5) is 10.6 Å². The minimum Gasteiger partial charge on any atom is -0.456 e. The number of imidazole rings is 1. The molecule has 3 heterocycles. The zero-order valence-electron chi connectivity index (χ0n) is 23.3. The highest BCUT2D eigenvalue weighted by atomic mass is 16.6. The number of benzene rings is 2. The first-order valence-electron chi connectivity index (χ1n) is 13.4. The third-order valence-electron chi connectivity index (χ3n) is 6.83. The molecule has 1 aliphatic rings. The van der Waals surface area contributed by atoms with Crippen molar-refractivity contribution in [2.75, 3.05) is 25.0 Å². The standard InChI is InChI=1S/C31H35N5O3/c1-6-26-32-25-16-17-27(35-19-9-18-34(5)30(35)38)33-28(25)36(26)20-21-12-14-22(15-13-21)23-10-7-8-11-24(23)29(37)39-31(2,3)4/h7-8,10-17H,6,9,18-20H2,1-5H3. The van der Waals surface area contributed by atoms with Crippen LogP contribution in [0.2, 0.25) is 0 Å². The van der Waals surface area contributed by atoms with Crippen LogP contribution in [0.1, 0.15) is 55.9 Å². The van der Waals surface area contributed by atoms with Crippen LogP contribution in [0.3, 0.4) is 0 Å². The van der Waals surface area contributed by atoms with E-state index in [2.05, 4.69) is 23.6 Å². The van der Waals surface area contributed by atoms with Crippen LogP contribution in [0.15, 0.2) is 60.7 Å². The maximum absolute atomic E-state index is 12.8. The molecule has 0 atom stereocenters. The van der Waals surface area contributed by atoms with Gasteiger partial charge in [-0.05, 0) is 62.1 Å². The van der Waals surface area contributed by atoms with Crippen molar-refractivity contribution in [1.29, 1.82) is 0 Å². The van der Waals surface area contributed by atoms with Gasteiger partial charge in [-0.1, -0.05) is 49.4 Å². The molecule has 39 heavy (non-hydrogen) atoms. The zero-order chi connectivity index (χ0) is 27.7.